The van der Waals surface area contributed by atoms with Gasteiger partial charge in [-0.25, -0.2) is 4.98 Å². The molecule has 4 heteroatoms. The number of pyridine rings is 1. The lowest BCUT2D eigenvalue weighted by Crippen LogP contribution is -2.47. The average Bonchev–Trinajstić information content (AvgIpc) is 2.55. The van der Waals surface area contributed by atoms with Crippen molar-refractivity contribution < 1.29 is 0 Å². The molecule has 1 aliphatic heterocycles. The van der Waals surface area contributed by atoms with Crippen LogP contribution < -0.4 is 9.80 Å². The fourth-order valence-corrected chi connectivity index (χ4v) is 2.87. The second-order valence-electron chi connectivity index (χ2n) is 5.24. The van der Waals surface area contributed by atoms with Crippen molar-refractivity contribution in [3.8, 4) is 6.07 Å². The van der Waals surface area contributed by atoms with Crippen LogP contribution in [-0.4, -0.2) is 31.2 Å². The standard InChI is InChI=1S/C17H18N4/c1-14-5-4-6-15(13-18)17(14)21-11-9-20(10-12-21)16-7-2-3-8-19-16/h2-8H,9-12H2,1H3. The van der Waals surface area contributed by atoms with E-state index in [1.54, 1.807) is 0 Å². The molecule has 0 N–H and O–H groups in total. The second kappa shape index (κ2) is 5.84. The van der Waals surface area contributed by atoms with Gasteiger partial charge in [-0.2, -0.15) is 5.26 Å². The summed E-state index contributed by atoms with van der Waals surface area (Å²) in [7, 11) is 0. The van der Waals surface area contributed by atoms with Crippen LogP contribution in [0.15, 0.2) is 42.6 Å². The summed E-state index contributed by atoms with van der Waals surface area (Å²) in [6, 6.07) is 14.2. The Morgan fingerprint density at radius 3 is 2.43 bits per heavy atom. The molecule has 0 bridgehead atoms. The van der Waals surface area contributed by atoms with Gasteiger partial charge in [0.1, 0.15) is 11.9 Å². The van der Waals surface area contributed by atoms with Crippen molar-refractivity contribution in [1.29, 1.82) is 5.26 Å². The molecule has 0 saturated carbocycles. The molecule has 1 aromatic carbocycles. The van der Waals surface area contributed by atoms with Crippen LogP contribution in [-0.2, 0) is 0 Å². The molecule has 0 spiro atoms. The lowest BCUT2D eigenvalue weighted by Gasteiger charge is -2.37. The molecule has 1 aliphatic rings. The first-order valence-electron chi connectivity index (χ1n) is 7.20. The summed E-state index contributed by atoms with van der Waals surface area (Å²) in [5, 5.41) is 9.31. The Bertz CT molecular complexity index is 652. The maximum atomic E-state index is 9.31. The van der Waals surface area contributed by atoms with Gasteiger partial charge in [0.15, 0.2) is 0 Å². The van der Waals surface area contributed by atoms with E-state index < -0.39 is 0 Å². The Morgan fingerprint density at radius 1 is 1.00 bits per heavy atom. The van der Waals surface area contributed by atoms with Crippen LogP contribution in [0.5, 0.6) is 0 Å². The van der Waals surface area contributed by atoms with Gasteiger partial charge < -0.3 is 9.80 Å². The fourth-order valence-electron chi connectivity index (χ4n) is 2.87. The third kappa shape index (κ3) is 2.68. The summed E-state index contributed by atoms with van der Waals surface area (Å²) < 4.78 is 0. The number of benzene rings is 1. The van der Waals surface area contributed by atoms with Crippen molar-refractivity contribution in [3.63, 3.8) is 0 Å². The van der Waals surface area contributed by atoms with Crippen molar-refractivity contribution in [2.45, 2.75) is 6.92 Å². The highest BCUT2D eigenvalue weighted by Gasteiger charge is 2.21. The minimum Gasteiger partial charge on any atom is -0.367 e. The topological polar surface area (TPSA) is 43.2 Å². The molecule has 4 nitrogen and oxygen atoms in total. The Morgan fingerprint density at radius 2 is 1.76 bits per heavy atom. The monoisotopic (exact) mass is 278 g/mol. The second-order valence-corrected chi connectivity index (χ2v) is 5.24. The van der Waals surface area contributed by atoms with E-state index in [2.05, 4.69) is 33.8 Å². The van der Waals surface area contributed by atoms with Crippen LogP contribution >= 0.6 is 0 Å². The van der Waals surface area contributed by atoms with Crippen LogP contribution in [0.3, 0.4) is 0 Å². The third-order valence-corrected chi connectivity index (χ3v) is 3.93. The van der Waals surface area contributed by atoms with Gasteiger partial charge >= 0.3 is 0 Å². The normalized spacial score (nSPS) is 14.9. The zero-order valence-electron chi connectivity index (χ0n) is 12.2. The number of hydrogen-bond donors (Lipinski definition) is 0. The number of para-hydroxylation sites is 1. The molecule has 0 radical (unpaired) electrons. The van der Waals surface area contributed by atoms with Crippen molar-refractivity contribution in [2.75, 3.05) is 36.0 Å². The van der Waals surface area contributed by atoms with Crippen LogP contribution in [0.1, 0.15) is 11.1 Å². The van der Waals surface area contributed by atoms with E-state index in [0.29, 0.717) is 0 Å². The number of nitrogens with zero attached hydrogens (tertiary/aromatic N) is 4. The average molecular weight is 278 g/mol. The van der Waals surface area contributed by atoms with Crippen LogP contribution in [0.25, 0.3) is 0 Å². The fraction of sp³-hybridized carbons (Fsp3) is 0.294. The minimum atomic E-state index is 0.765. The summed E-state index contributed by atoms with van der Waals surface area (Å²) in [5.41, 5.74) is 3.02. The van der Waals surface area contributed by atoms with Crippen LogP contribution in [0.4, 0.5) is 11.5 Å². The van der Waals surface area contributed by atoms with E-state index in [0.717, 1.165) is 43.2 Å². The predicted molar refractivity (Wildman–Crippen MR) is 84.6 cm³/mol. The molecule has 2 aromatic rings. The first kappa shape index (κ1) is 13.4. The molecule has 2 heterocycles. The highest BCUT2D eigenvalue weighted by molar-refractivity contribution is 5.64. The molecule has 1 fully saturated rings. The third-order valence-electron chi connectivity index (χ3n) is 3.93. The molecule has 0 atom stereocenters. The van der Waals surface area contributed by atoms with Crippen molar-refractivity contribution in [1.82, 2.24) is 4.98 Å². The SMILES string of the molecule is Cc1cccc(C#N)c1N1CCN(c2ccccn2)CC1. The quantitative estimate of drug-likeness (QED) is 0.847. The Labute approximate surface area is 125 Å². The van der Waals surface area contributed by atoms with Gasteiger partial charge in [0.2, 0.25) is 0 Å². The van der Waals surface area contributed by atoms with Gasteiger partial charge in [0.05, 0.1) is 11.3 Å². The molecule has 1 aromatic heterocycles. The zero-order valence-corrected chi connectivity index (χ0v) is 12.2. The smallest absolute Gasteiger partial charge is 0.128 e. The molecule has 0 amide bonds. The number of aromatic nitrogens is 1. The number of piperazine rings is 1. The number of aryl methyl sites for hydroxylation is 1. The molecule has 106 valence electrons. The molecule has 0 aliphatic carbocycles. The number of nitriles is 1. The number of rotatable bonds is 2. The van der Waals surface area contributed by atoms with E-state index in [1.807, 2.05) is 36.5 Å². The van der Waals surface area contributed by atoms with Crippen molar-refractivity contribution in [3.05, 3.63) is 53.7 Å². The first-order chi connectivity index (χ1) is 10.3. The Kier molecular flexibility index (Phi) is 3.74. The molecule has 21 heavy (non-hydrogen) atoms. The minimum absolute atomic E-state index is 0.765. The predicted octanol–water partition coefficient (Wildman–Crippen LogP) is 2.59. The summed E-state index contributed by atoms with van der Waals surface area (Å²) in [6.45, 7) is 5.75. The maximum Gasteiger partial charge on any atom is 0.128 e. The molecular weight excluding hydrogens is 260 g/mol. The summed E-state index contributed by atoms with van der Waals surface area (Å²) in [5.74, 6) is 1.03. The highest BCUT2D eigenvalue weighted by atomic mass is 15.3. The Balaban J connectivity index is 1.77. The van der Waals surface area contributed by atoms with Gasteiger partial charge in [-0.3, -0.25) is 0 Å². The molecule has 0 unspecified atom stereocenters. The van der Waals surface area contributed by atoms with E-state index in [9.17, 15) is 5.26 Å². The van der Waals surface area contributed by atoms with Crippen molar-refractivity contribution in [2.24, 2.45) is 0 Å². The highest BCUT2D eigenvalue weighted by Crippen LogP contribution is 2.26. The van der Waals surface area contributed by atoms with E-state index in [4.69, 9.17) is 0 Å². The molecular formula is C17H18N4. The van der Waals surface area contributed by atoms with E-state index in [-0.39, 0.29) is 0 Å². The summed E-state index contributed by atoms with van der Waals surface area (Å²) in [6.07, 6.45) is 1.83. The van der Waals surface area contributed by atoms with E-state index in [1.165, 1.54) is 5.56 Å². The van der Waals surface area contributed by atoms with Crippen molar-refractivity contribution >= 4 is 11.5 Å². The van der Waals surface area contributed by atoms with Gasteiger partial charge in [-0.15, -0.1) is 0 Å². The van der Waals surface area contributed by atoms with Gasteiger partial charge in [-0.1, -0.05) is 18.2 Å². The summed E-state index contributed by atoms with van der Waals surface area (Å²) in [4.78, 5) is 9.01. The number of anilines is 2. The first-order valence-corrected chi connectivity index (χ1v) is 7.20. The van der Waals surface area contributed by atoms with Gasteiger partial charge in [0, 0.05) is 32.4 Å². The van der Waals surface area contributed by atoms with Crippen LogP contribution in [0.2, 0.25) is 0 Å². The lowest BCUT2D eigenvalue weighted by atomic mass is 10.1. The number of hydrogen-bond acceptors (Lipinski definition) is 4. The van der Waals surface area contributed by atoms with Gasteiger partial charge in [0.25, 0.3) is 0 Å². The maximum absolute atomic E-state index is 9.31. The van der Waals surface area contributed by atoms with Crippen LogP contribution in [0, 0.1) is 18.3 Å². The lowest BCUT2D eigenvalue weighted by molar-refractivity contribution is 0.646. The summed E-state index contributed by atoms with van der Waals surface area (Å²) >= 11 is 0. The largest absolute Gasteiger partial charge is 0.367 e. The Hall–Kier alpha value is -2.54. The van der Waals surface area contributed by atoms with Gasteiger partial charge in [-0.05, 0) is 30.7 Å². The molecule has 3 rings (SSSR count). The zero-order chi connectivity index (χ0) is 14.7. The molecule has 1 saturated heterocycles. The van der Waals surface area contributed by atoms with E-state index >= 15 is 0 Å².